The Hall–Kier alpha value is -3.15. The Bertz CT molecular complexity index is 940. The van der Waals surface area contributed by atoms with Crippen LogP contribution in [0.25, 0.3) is 0 Å². The summed E-state index contributed by atoms with van der Waals surface area (Å²) in [6.07, 6.45) is 1.18. The Balaban J connectivity index is 1.84. The van der Waals surface area contributed by atoms with E-state index >= 15 is 0 Å². The molecule has 2 aromatic carbocycles. The number of hydrogen-bond acceptors (Lipinski definition) is 4. The van der Waals surface area contributed by atoms with Gasteiger partial charge in [0.15, 0.2) is 0 Å². The number of benzene rings is 2. The molecule has 0 radical (unpaired) electrons. The molecule has 1 heterocycles. The molecular weight excluding hydrogens is 380 g/mol. The van der Waals surface area contributed by atoms with Crippen LogP contribution in [0.5, 0.6) is 0 Å². The van der Waals surface area contributed by atoms with Crippen LogP contribution in [-0.2, 0) is 27.3 Å². The maximum absolute atomic E-state index is 13.2. The molecule has 0 bridgehead atoms. The Morgan fingerprint density at radius 1 is 1.10 bits per heavy atom. The molecular formula is C24H28N2O4. The van der Waals surface area contributed by atoms with E-state index in [1.807, 2.05) is 38.1 Å². The number of hydrogen-bond donors (Lipinski definition) is 1. The lowest BCUT2D eigenvalue weighted by Gasteiger charge is -2.37. The van der Waals surface area contributed by atoms with E-state index in [0.717, 1.165) is 11.1 Å². The number of carbonyl (C=O) groups excluding carboxylic acids is 3. The topological polar surface area (TPSA) is 75.7 Å². The minimum Gasteiger partial charge on any atom is -0.462 e. The van der Waals surface area contributed by atoms with Gasteiger partial charge in [-0.15, -0.1) is 0 Å². The van der Waals surface area contributed by atoms with Gasteiger partial charge in [-0.1, -0.05) is 44.2 Å². The van der Waals surface area contributed by atoms with E-state index in [1.165, 1.54) is 0 Å². The Kier molecular flexibility index (Phi) is 6.87. The van der Waals surface area contributed by atoms with Crippen LogP contribution in [0.15, 0.2) is 48.5 Å². The molecule has 0 aromatic heterocycles. The number of fused-ring (bicyclic) bond motifs is 1. The van der Waals surface area contributed by atoms with Crippen LogP contribution in [0.1, 0.15) is 48.7 Å². The number of rotatable bonds is 6. The van der Waals surface area contributed by atoms with E-state index in [1.54, 1.807) is 36.1 Å². The summed E-state index contributed by atoms with van der Waals surface area (Å²) in [7, 11) is 0. The highest BCUT2D eigenvalue weighted by atomic mass is 16.5. The van der Waals surface area contributed by atoms with Crippen molar-refractivity contribution in [2.75, 3.05) is 11.9 Å². The number of nitrogens with zero attached hydrogens (tertiary/aromatic N) is 1. The van der Waals surface area contributed by atoms with Crippen molar-refractivity contribution in [1.29, 1.82) is 0 Å². The molecule has 2 aromatic rings. The maximum atomic E-state index is 13.2. The van der Waals surface area contributed by atoms with E-state index in [2.05, 4.69) is 5.32 Å². The third kappa shape index (κ3) is 4.70. The van der Waals surface area contributed by atoms with E-state index < -0.39 is 12.0 Å². The summed E-state index contributed by atoms with van der Waals surface area (Å²) < 4.78 is 5.03. The first-order valence-electron chi connectivity index (χ1n) is 10.4. The summed E-state index contributed by atoms with van der Waals surface area (Å²) in [6, 6.07) is 13.9. The van der Waals surface area contributed by atoms with Gasteiger partial charge in [0.05, 0.1) is 12.2 Å². The van der Waals surface area contributed by atoms with Crippen LogP contribution in [0, 0.1) is 5.92 Å². The van der Waals surface area contributed by atoms with Crippen molar-refractivity contribution in [3.63, 3.8) is 0 Å². The number of carbonyl (C=O) groups is 3. The van der Waals surface area contributed by atoms with E-state index in [-0.39, 0.29) is 24.3 Å². The van der Waals surface area contributed by atoms with Crippen LogP contribution >= 0.6 is 0 Å². The average molecular weight is 408 g/mol. The second-order valence-corrected chi connectivity index (χ2v) is 7.55. The lowest BCUT2D eigenvalue weighted by molar-refractivity contribution is -0.143. The van der Waals surface area contributed by atoms with Gasteiger partial charge in [-0.05, 0) is 42.7 Å². The van der Waals surface area contributed by atoms with Crippen molar-refractivity contribution < 1.29 is 19.1 Å². The summed E-state index contributed by atoms with van der Waals surface area (Å²) in [5, 5.41) is 2.88. The molecule has 30 heavy (non-hydrogen) atoms. The lowest BCUT2D eigenvalue weighted by Crippen LogP contribution is -2.52. The SMILES string of the molecule is CCOC(=O)c1cccc(NC(=O)C2Cc3ccccc3CN2C(=O)C(C)CC)c1. The monoisotopic (exact) mass is 408 g/mol. The third-order valence-corrected chi connectivity index (χ3v) is 5.51. The normalized spacial score (nSPS) is 16.4. The van der Waals surface area contributed by atoms with E-state index in [4.69, 9.17) is 4.74 Å². The van der Waals surface area contributed by atoms with E-state index in [0.29, 0.717) is 30.6 Å². The lowest BCUT2D eigenvalue weighted by atomic mass is 9.92. The average Bonchev–Trinajstić information content (AvgIpc) is 2.77. The highest BCUT2D eigenvalue weighted by molar-refractivity contribution is 5.99. The highest BCUT2D eigenvalue weighted by Crippen LogP contribution is 2.26. The van der Waals surface area contributed by atoms with Crippen LogP contribution in [0.2, 0.25) is 0 Å². The molecule has 6 nitrogen and oxygen atoms in total. The molecule has 0 fully saturated rings. The first-order chi connectivity index (χ1) is 14.4. The third-order valence-electron chi connectivity index (χ3n) is 5.51. The number of anilines is 1. The van der Waals surface area contributed by atoms with Crippen LogP contribution in [0.3, 0.4) is 0 Å². The van der Waals surface area contributed by atoms with Gasteiger partial charge in [0.2, 0.25) is 11.8 Å². The second-order valence-electron chi connectivity index (χ2n) is 7.55. The zero-order valence-electron chi connectivity index (χ0n) is 17.7. The van der Waals surface area contributed by atoms with Gasteiger partial charge in [0, 0.05) is 24.6 Å². The molecule has 6 heteroatoms. The van der Waals surface area contributed by atoms with Crippen LogP contribution < -0.4 is 5.32 Å². The highest BCUT2D eigenvalue weighted by Gasteiger charge is 2.35. The minimum atomic E-state index is -0.604. The maximum Gasteiger partial charge on any atom is 0.338 e. The van der Waals surface area contributed by atoms with Crippen molar-refractivity contribution in [2.45, 2.75) is 46.2 Å². The fourth-order valence-electron chi connectivity index (χ4n) is 3.61. The molecule has 2 amide bonds. The van der Waals surface area contributed by atoms with Crippen molar-refractivity contribution in [1.82, 2.24) is 4.90 Å². The number of nitrogens with one attached hydrogen (secondary N) is 1. The fraction of sp³-hybridized carbons (Fsp3) is 0.375. The van der Waals surface area contributed by atoms with Gasteiger partial charge in [0.1, 0.15) is 6.04 Å². The molecule has 2 unspecified atom stereocenters. The number of esters is 1. The van der Waals surface area contributed by atoms with Gasteiger partial charge in [-0.2, -0.15) is 0 Å². The first-order valence-corrected chi connectivity index (χ1v) is 10.4. The standard InChI is InChI=1S/C24H28N2O4/c1-4-16(3)23(28)26-15-19-10-7-6-9-17(19)14-21(26)22(27)25-20-12-8-11-18(13-20)24(29)30-5-2/h6-13,16,21H,4-5,14-15H2,1-3H3,(H,25,27). The van der Waals surface area contributed by atoms with Gasteiger partial charge in [-0.3, -0.25) is 9.59 Å². The molecule has 1 N–H and O–H groups in total. The summed E-state index contributed by atoms with van der Waals surface area (Å²) in [5.74, 6) is -0.874. The first kappa shape index (κ1) is 21.6. The molecule has 0 saturated carbocycles. The fourth-order valence-corrected chi connectivity index (χ4v) is 3.61. The molecule has 0 aliphatic carbocycles. The van der Waals surface area contributed by atoms with E-state index in [9.17, 15) is 14.4 Å². The predicted molar refractivity (Wildman–Crippen MR) is 115 cm³/mol. The second kappa shape index (κ2) is 9.57. The molecule has 158 valence electrons. The molecule has 1 aliphatic heterocycles. The largest absolute Gasteiger partial charge is 0.462 e. The molecule has 0 spiro atoms. The van der Waals surface area contributed by atoms with Crippen molar-refractivity contribution in [3.8, 4) is 0 Å². The van der Waals surface area contributed by atoms with Crippen molar-refractivity contribution >= 4 is 23.5 Å². The molecule has 0 saturated heterocycles. The zero-order valence-corrected chi connectivity index (χ0v) is 17.7. The smallest absolute Gasteiger partial charge is 0.338 e. The van der Waals surface area contributed by atoms with Crippen LogP contribution in [-0.4, -0.2) is 35.3 Å². The minimum absolute atomic E-state index is 0.0209. The van der Waals surface area contributed by atoms with Crippen molar-refractivity contribution in [3.05, 3.63) is 65.2 Å². The predicted octanol–water partition coefficient (Wildman–Crippen LogP) is 3.80. The molecule has 2 atom stereocenters. The Morgan fingerprint density at radius 3 is 2.53 bits per heavy atom. The van der Waals surface area contributed by atoms with Gasteiger partial charge in [-0.25, -0.2) is 4.79 Å². The molecule has 3 rings (SSSR count). The summed E-state index contributed by atoms with van der Waals surface area (Å²) in [4.78, 5) is 39.9. The number of amides is 2. The van der Waals surface area contributed by atoms with Crippen molar-refractivity contribution in [2.24, 2.45) is 5.92 Å². The summed E-state index contributed by atoms with van der Waals surface area (Å²) in [6.45, 7) is 6.30. The van der Waals surface area contributed by atoms with Crippen LogP contribution in [0.4, 0.5) is 5.69 Å². The van der Waals surface area contributed by atoms with Gasteiger partial charge in [0.25, 0.3) is 0 Å². The quantitative estimate of drug-likeness (QED) is 0.738. The summed E-state index contributed by atoms with van der Waals surface area (Å²) in [5.41, 5.74) is 3.02. The Morgan fingerprint density at radius 2 is 1.83 bits per heavy atom. The molecule has 1 aliphatic rings. The van der Waals surface area contributed by atoms with Gasteiger partial charge >= 0.3 is 5.97 Å². The number of ether oxygens (including phenoxy) is 1. The summed E-state index contributed by atoms with van der Waals surface area (Å²) >= 11 is 0. The Labute approximate surface area is 177 Å². The zero-order chi connectivity index (χ0) is 21.7. The van der Waals surface area contributed by atoms with Gasteiger partial charge < -0.3 is 15.0 Å².